The fourth-order valence-electron chi connectivity index (χ4n) is 4.21. The van der Waals surface area contributed by atoms with Gasteiger partial charge in [0.1, 0.15) is 6.61 Å². The summed E-state index contributed by atoms with van der Waals surface area (Å²) in [6.07, 6.45) is 1.81. The Kier molecular flexibility index (Phi) is 8.88. The molecule has 0 spiro atoms. The molecular weight excluding hydrogens is 594 g/mol. The number of ether oxygens (including phenoxy) is 3. The van der Waals surface area contributed by atoms with E-state index in [0.29, 0.717) is 65.7 Å². The van der Waals surface area contributed by atoms with E-state index in [2.05, 4.69) is 20.9 Å². The van der Waals surface area contributed by atoms with Crippen LogP contribution < -0.4 is 9.47 Å². The molecule has 3 aromatic carbocycles. The van der Waals surface area contributed by atoms with Crippen LogP contribution in [0, 0.1) is 0 Å². The molecule has 2 heterocycles. The molecule has 206 valence electrons. The van der Waals surface area contributed by atoms with Crippen LogP contribution in [0.2, 0.25) is 0 Å². The lowest BCUT2D eigenvalue weighted by Gasteiger charge is -2.26. The molecule has 0 saturated carbocycles. The van der Waals surface area contributed by atoms with Gasteiger partial charge in [-0.3, -0.25) is 14.5 Å². The second-order valence-corrected chi connectivity index (χ2v) is 11.1. The van der Waals surface area contributed by atoms with Gasteiger partial charge in [-0.2, -0.15) is 0 Å². The highest BCUT2D eigenvalue weighted by Gasteiger charge is 2.30. The topological polar surface area (TPSA) is 80.7 Å². The van der Waals surface area contributed by atoms with Gasteiger partial charge in [0.2, 0.25) is 0 Å². The number of amidine groups is 1. The zero-order valence-electron chi connectivity index (χ0n) is 22.1. The minimum absolute atomic E-state index is 0.0485. The Bertz CT molecular complexity index is 1470. The molecule has 10 heteroatoms. The Balaban J connectivity index is 1.30. The maximum absolute atomic E-state index is 13.0. The Hall–Kier alpha value is -3.60. The highest BCUT2D eigenvalue weighted by molar-refractivity contribution is 9.10. The monoisotopic (exact) mass is 621 g/mol. The summed E-state index contributed by atoms with van der Waals surface area (Å²) in [5, 5.41) is 0.536. The van der Waals surface area contributed by atoms with Crippen LogP contribution >= 0.6 is 27.7 Å². The number of aliphatic imine (C=N–C) groups is 1. The molecule has 0 unspecified atom stereocenters. The first-order valence-electron chi connectivity index (χ1n) is 12.7. The van der Waals surface area contributed by atoms with Gasteiger partial charge in [-0.1, -0.05) is 40.2 Å². The zero-order chi connectivity index (χ0) is 28.1. The Labute approximate surface area is 245 Å². The van der Waals surface area contributed by atoms with E-state index in [9.17, 15) is 9.59 Å². The number of likely N-dealkylation sites (N-methyl/N-ethyl adjacent to an activating group) is 1. The third kappa shape index (κ3) is 6.57. The van der Waals surface area contributed by atoms with Crippen molar-refractivity contribution in [2.75, 3.05) is 40.5 Å². The first-order valence-corrected chi connectivity index (χ1v) is 14.3. The predicted octanol–water partition coefficient (Wildman–Crippen LogP) is 5.74. The smallest absolute Gasteiger partial charge is 0.266 e. The maximum atomic E-state index is 13.0. The summed E-state index contributed by atoms with van der Waals surface area (Å²) >= 11 is 4.72. The first kappa shape index (κ1) is 27.9. The van der Waals surface area contributed by atoms with Crippen molar-refractivity contribution in [3.05, 3.63) is 92.8 Å². The average Bonchev–Trinajstić information content (AvgIpc) is 3.24. The standard InChI is InChI=1S/C30H28BrN3O5S/c1-33-29(36)27(17-21-8-11-25(26(16-21)37-2)39-19-20-6-9-23(31)10-7-20)40-30(33)32-24-5-3-4-22(18-24)28(35)34-12-14-38-15-13-34/h3-11,16-18H,12-15,19H2,1-2H3/b27-17+,32-30?. The van der Waals surface area contributed by atoms with Crippen molar-refractivity contribution < 1.29 is 23.8 Å². The number of morpholine rings is 1. The van der Waals surface area contributed by atoms with Crippen LogP contribution in [0.25, 0.3) is 6.08 Å². The molecule has 8 nitrogen and oxygen atoms in total. The Morgan fingerprint density at radius 3 is 2.60 bits per heavy atom. The van der Waals surface area contributed by atoms with E-state index >= 15 is 0 Å². The first-order chi connectivity index (χ1) is 19.4. The molecule has 0 bridgehead atoms. The van der Waals surface area contributed by atoms with Gasteiger partial charge in [0, 0.05) is 30.2 Å². The quantitative estimate of drug-likeness (QED) is 0.313. The van der Waals surface area contributed by atoms with Gasteiger partial charge >= 0.3 is 0 Å². The van der Waals surface area contributed by atoms with Crippen molar-refractivity contribution >= 4 is 56.4 Å². The van der Waals surface area contributed by atoms with Crippen molar-refractivity contribution in [1.29, 1.82) is 0 Å². The lowest BCUT2D eigenvalue weighted by molar-refractivity contribution is -0.121. The van der Waals surface area contributed by atoms with Crippen molar-refractivity contribution in [3.63, 3.8) is 0 Å². The number of rotatable bonds is 7. The summed E-state index contributed by atoms with van der Waals surface area (Å²) in [6.45, 7) is 2.63. The van der Waals surface area contributed by atoms with Crippen LogP contribution in [0.5, 0.6) is 11.5 Å². The van der Waals surface area contributed by atoms with Gasteiger partial charge in [0.05, 0.1) is 30.9 Å². The van der Waals surface area contributed by atoms with E-state index in [1.165, 1.54) is 16.7 Å². The van der Waals surface area contributed by atoms with E-state index in [0.717, 1.165) is 15.6 Å². The molecule has 0 radical (unpaired) electrons. The summed E-state index contributed by atoms with van der Waals surface area (Å²) in [7, 11) is 3.28. The van der Waals surface area contributed by atoms with Crippen LogP contribution in [0.3, 0.4) is 0 Å². The fraction of sp³-hybridized carbons (Fsp3) is 0.233. The van der Waals surface area contributed by atoms with E-state index < -0.39 is 0 Å². The van der Waals surface area contributed by atoms with Gasteiger partial charge in [-0.15, -0.1) is 0 Å². The third-order valence-corrected chi connectivity index (χ3v) is 8.00. The van der Waals surface area contributed by atoms with Crippen molar-refractivity contribution in [3.8, 4) is 11.5 Å². The normalized spacial score (nSPS) is 17.5. The number of amides is 2. The largest absolute Gasteiger partial charge is 0.493 e. The number of benzene rings is 3. The fourth-order valence-corrected chi connectivity index (χ4v) is 5.46. The SMILES string of the molecule is COc1cc(/C=C2/SC(=Nc3cccc(C(=O)N4CCOCC4)c3)N(C)C2=O)ccc1OCc1ccc(Br)cc1. The summed E-state index contributed by atoms with van der Waals surface area (Å²) in [4.78, 5) is 34.4. The average molecular weight is 623 g/mol. The zero-order valence-corrected chi connectivity index (χ0v) is 24.5. The van der Waals surface area contributed by atoms with Crippen molar-refractivity contribution in [2.24, 2.45) is 4.99 Å². The highest BCUT2D eigenvalue weighted by Crippen LogP contribution is 2.35. The number of carbonyl (C=O) groups excluding carboxylic acids is 2. The molecule has 5 rings (SSSR count). The van der Waals surface area contributed by atoms with Crippen LogP contribution in [0.1, 0.15) is 21.5 Å². The molecule has 40 heavy (non-hydrogen) atoms. The predicted molar refractivity (Wildman–Crippen MR) is 160 cm³/mol. The second kappa shape index (κ2) is 12.7. The molecule has 2 saturated heterocycles. The Morgan fingerprint density at radius 1 is 1.07 bits per heavy atom. The van der Waals surface area contributed by atoms with Crippen LogP contribution in [-0.2, 0) is 16.1 Å². The summed E-state index contributed by atoms with van der Waals surface area (Å²) < 4.78 is 17.9. The third-order valence-electron chi connectivity index (χ3n) is 6.41. The molecule has 0 atom stereocenters. The molecule has 2 aliphatic heterocycles. The van der Waals surface area contributed by atoms with Gasteiger partial charge in [0.25, 0.3) is 11.8 Å². The lowest BCUT2D eigenvalue weighted by atomic mass is 10.1. The second-order valence-electron chi connectivity index (χ2n) is 9.15. The number of methoxy groups -OCH3 is 1. The molecule has 2 amide bonds. The van der Waals surface area contributed by atoms with Crippen LogP contribution in [0.4, 0.5) is 5.69 Å². The van der Waals surface area contributed by atoms with Crippen molar-refractivity contribution in [2.45, 2.75) is 6.61 Å². The van der Waals surface area contributed by atoms with E-state index in [-0.39, 0.29) is 11.8 Å². The molecule has 0 aromatic heterocycles. The van der Waals surface area contributed by atoms with E-state index in [1.807, 2.05) is 54.6 Å². The molecule has 0 N–H and O–H groups in total. The molecule has 2 fully saturated rings. The molecule has 3 aromatic rings. The number of carbonyl (C=O) groups is 2. The van der Waals surface area contributed by atoms with Gasteiger partial charge < -0.3 is 19.1 Å². The summed E-state index contributed by atoms with van der Waals surface area (Å²) in [5.74, 6) is 0.987. The molecule has 0 aliphatic carbocycles. The number of hydrogen-bond donors (Lipinski definition) is 0. The minimum atomic E-state index is -0.154. The highest BCUT2D eigenvalue weighted by atomic mass is 79.9. The van der Waals surface area contributed by atoms with E-state index in [1.54, 1.807) is 37.3 Å². The lowest BCUT2D eigenvalue weighted by Crippen LogP contribution is -2.40. The number of nitrogens with zero attached hydrogens (tertiary/aromatic N) is 3. The number of hydrogen-bond acceptors (Lipinski definition) is 7. The minimum Gasteiger partial charge on any atom is -0.493 e. The Morgan fingerprint density at radius 2 is 1.85 bits per heavy atom. The molecular formula is C30H28BrN3O5S. The van der Waals surface area contributed by atoms with E-state index in [4.69, 9.17) is 14.2 Å². The van der Waals surface area contributed by atoms with Crippen LogP contribution in [0.15, 0.2) is 81.1 Å². The maximum Gasteiger partial charge on any atom is 0.266 e. The van der Waals surface area contributed by atoms with Crippen LogP contribution in [-0.4, -0.2) is 67.2 Å². The van der Waals surface area contributed by atoms with Gasteiger partial charge in [-0.25, -0.2) is 4.99 Å². The van der Waals surface area contributed by atoms with Crippen molar-refractivity contribution in [1.82, 2.24) is 9.80 Å². The van der Waals surface area contributed by atoms with Gasteiger partial charge in [0.15, 0.2) is 16.7 Å². The number of halogens is 1. The summed E-state index contributed by atoms with van der Waals surface area (Å²) in [5.41, 5.74) is 3.01. The summed E-state index contributed by atoms with van der Waals surface area (Å²) in [6, 6.07) is 20.6. The van der Waals surface area contributed by atoms with Gasteiger partial charge in [-0.05, 0) is 71.4 Å². The molecule has 2 aliphatic rings. The number of thioether (sulfide) groups is 1.